The lowest BCUT2D eigenvalue weighted by Gasteiger charge is -2.33. The van der Waals surface area contributed by atoms with Crippen LogP contribution in [0.1, 0.15) is 30.5 Å². The van der Waals surface area contributed by atoms with Gasteiger partial charge in [-0.2, -0.15) is 0 Å². The number of hydrogen-bond acceptors (Lipinski definition) is 3. The molecule has 1 amide bonds. The van der Waals surface area contributed by atoms with Crippen LogP contribution in [0.2, 0.25) is 0 Å². The number of benzene rings is 1. The van der Waals surface area contributed by atoms with Gasteiger partial charge in [0.15, 0.2) is 11.6 Å². The Bertz CT molecular complexity index is 733. The van der Waals surface area contributed by atoms with Gasteiger partial charge >= 0.3 is 0 Å². The van der Waals surface area contributed by atoms with E-state index < -0.39 is 17.7 Å². The van der Waals surface area contributed by atoms with Gasteiger partial charge in [-0.1, -0.05) is 12.1 Å². The predicted octanol–water partition coefficient (Wildman–Crippen LogP) is 3.33. The smallest absolute Gasteiger partial charge is 0.228 e. The van der Waals surface area contributed by atoms with E-state index in [9.17, 15) is 13.6 Å². The SMILES string of the molecule is CCN(C(=O)[C@H]1CCOC1)[C@H](c1cccnc1)c1ccc(F)c(F)c1. The lowest BCUT2D eigenvalue weighted by atomic mass is 9.96. The number of aromatic nitrogens is 1. The molecule has 1 saturated heterocycles. The Balaban J connectivity index is 2.02. The first-order valence-electron chi connectivity index (χ1n) is 8.35. The molecule has 25 heavy (non-hydrogen) atoms. The van der Waals surface area contributed by atoms with Crippen molar-refractivity contribution >= 4 is 5.91 Å². The molecular formula is C19H20F2N2O2. The third kappa shape index (κ3) is 3.69. The summed E-state index contributed by atoms with van der Waals surface area (Å²) in [4.78, 5) is 18.8. The maximum Gasteiger partial charge on any atom is 0.228 e. The third-order valence-corrected chi connectivity index (χ3v) is 4.47. The largest absolute Gasteiger partial charge is 0.381 e. The number of rotatable bonds is 5. The molecule has 0 N–H and O–H groups in total. The average molecular weight is 346 g/mol. The number of ether oxygens (including phenoxy) is 1. The summed E-state index contributed by atoms with van der Waals surface area (Å²) in [5.74, 6) is -2.09. The molecule has 0 saturated carbocycles. The number of carbonyl (C=O) groups excluding carboxylic acids is 1. The summed E-state index contributed by atoms with van der Waals surface area (Å²) in [5, 5.41) is 0. The van der Waals surface area contributed by atoms with E-state index in [0.717, 1.165) is 17.7 Å². The zero-order valence-electron chi connectivity index (χ0n) is 14.0. The Kier molecular flexibility index (Phi) is 5.38. The van der Waals surface area contributed by atoms with Gasteiger partial charge in [-0.3, -0.25) is 9.78 Å². The maximum atomic E-state index is 13.8. The molecule has 1 aliphatic rings. The summed E-state index contributed by atoms with van der Waals surface area (Å²) >= 11 is 0. The number of halogens is 2. The summed E-state index contributed by atoms with van der Waals surface area (Å²) in [7, 11) is 0. The van der Waals surface area contributed by atoms with Crippen LogP contribution in [0.4, 0.5) is 8.78 Å². The molecule has 1 aliphatic heterocycles. The molecule has 1 fully saturated rings. The van der Waals surface area contributed by atoms with E-state index in [1.165, 1.54) is 6.07 Å². The molecule has 2 aromatic rings. The van der Waals surface area contributed by atoms with Gasteiger partial charge in [0.25, 0.3) is 0 Å². The van der Waals surface area contributed by atoms with E-state index in [1.54, 1.807) is 23.4 Å². The highest BCUT2D eigenvalue weighted by atomic mass is 19.2. The van der Waals surface area contributed by atoms with E-state index in [-0.39, 0.29) is 11.8 Å². The molecule has 4 nitrogen and oxygen atoms in total. The molecule has 0 spiro atoms. The van der Waals surface area contributed by atoms with Crippen molar-refractivity contribution in [1.29, 1.82) is 0 Å². The Morgan fingerprint density at radius 2 is 2.16 bits per heavy atom. The van der Waals surface area contributed by atoms with Crippen LogP contribution in [0.25, 0.3) is 0 Å². The molecule has 1 aromatic heterocycles. The third-order valence-electron chi connectivity index (χ3n) is 4.47. The van der Waals surface area contributed by atoms with Gasteiger partial charge in [0, 0.05) is 25.5 Å². The standard InChI is InChI=1S/C19H20F2N2O2/c1-2-23(19(24)15-7-9-25-12-15)18(14-4-3-8-22-11-14)13-5-6-16(20)17(21)10-13/h3-6,8,10-11,15,18H,2,7,9,12H2,1H3/t15-,18-/m0/s1. The van der Waals surface area contributed by atoms with Gasteiger partial charge in [0.2, 0.25) is 5.91 Å². The molecule has 0 aliphatic carbocycles. The zero-order valence-corrected chi connectivity index (χ0v) is 14.0. The molecule has 132 valence electrons. The molecule has 0 radical (unpaired) electrons. The van der Waals surface area contributed by atoms with Crippen molar-refractivity contribution in [3.63, 3.8) is 0 Å². The average Bonchev–Trinajstić information content (AvgIpc) is 3.17. The van der Waals surface area contributed by atoms with Crippen LogP contribution in [0, 0.1) is 17.6 Å². The number of nitrogens with zero attached hydrogens (tertiary/aromatic N) is 2. The molecule has 0 bridgehead atoms. The van der Waals surface area contributed by atoms with E-state index in [4.69, 9.17) is 4.74 Å². The minimum absolute atomic E-state index is 0.0430. The van der Waals surface area contributed by atoms with Gasteiger partial charge in [0.1, 0.15) is 0 Å². The van der Waals surface area contributed by atoms with Crippen molar-refractivity contribution in [1.82, 2.24) is 9.88 Å². The van der Waals surface area contributed by atoms with Crippen LogP contribution in [0.3, 0.4) is 0 Å². The van der Waals surface area contributed by atoms with E-state index in [1.807, 2.05) is 13.0 Å². The summed E-state index contributed by atoms with van der Waals surface area (Å²) in [6, 6.07) is 6.82. The first-order valence-corrected chi connectivity index (χ1v) is 8.35. The minimum Gasteiger partial charge on any atom is -0.381 e. The molecule has 0 unspecified atom stereocenters. The second-order valence-electron chi connectivity index (χ2n) is 6.05. The Labute approximate surface area is 145 Å². The molecule has 1 aromatic carbocycles. The van der Waals surface area contributed by atoms with Crippen LogP contribution in [0.5, 0.6) is 0 Å². The van der Waals surface area contributed by atoms with Gasteiger partial charge in [0.05, 0.1) is 18.6 Å². The molecule has 6 heteroatoms. The fraction of sp³-hybridized carbons (Fsp3) is 0.368. The highest BCUT2D eigenvalue weighted by molar-refractivity contribution is 5.80. The van der Waals surface area contributed by atoms with Crippen LogP contribution >= 0.6 is 0 Å². The van der Waals surface area contributed by atoms with E-state index >= 15 is 0 Å². The van der Waals surface area contributed by atoms with Crippen LogP contribution < -0.4 is 0 Å². The van der Waals surface area contributed by atoms with Crippen molar-refractivity contribution in [2.75, 3.05) is 19.8 Å². The van der Waals surface area contributed by atoms with Gasteiger partial charge in [-0.25, -0.2) is 8.78 Å². The van der Waals surface area contributed by atoms with E-state index in [2.05, 4.69) is 4.98 Å². The van der Waals surface area contributed by atoms with Gasteiger partial charge in [-0.15, -0.1) is 0 Å². The van der Waals surface area contributed by atoms with Crippen molar-refractivity contribution in [2.24, 2.45) is 5.92 Å². The van der Waals surface area contributed by atoms with Crippen molar-refractivity contribution in [3.8, 4) is 0 Å². The van der Waals surface area contributed by atoms with E-state index in [0.29, 0.717) is 31.7 Å². The summed E-state index contributed by atoms with van der Waals surface area (Å²) < 4.78 is 32.5. The van der Waals surface area contributed by atoms with Gasteiger partial charge in [-0.05, 0) is 42.7 Å². The normalized spacial score (nSPS) is 18.1. The van der Waals surface area contributed by atoms with Crippen LogP contribution in [-0.4, -0.2) is 35.5 Å². The number of carbonyl (C=O) groups is 1. The first kappa shape index (κ1) is 17.5. The predicted molar refractivity (Wildman–Crippen MR) is 88.8 cm³/mol. The second kappa shape index (κ2) is 7.70. The maximum absolute atomic E-state index is 13.8. The fourth-order valence-electron chi connectivity index (χ4n) is 3.20. The van der Waals surface area contributed by atoms with Crippen molar-refractivity contribution < 1.29 is 18.3 Å². The van der Waals surface area contributed by atoms with Gasteiger partial charge < -0.3 is 9.64 Å². The summed E-state index contributed by atoms with van der Waals surface area (Å²) in [6.07, 6.45) is 3.95. The van der Waals surface area contributed by atoms with Crippen LogP contribution in [-0.2, 0) is 9.53 Å². The fourth-order valence-corrected chi connectivity index (χ4v) is 3.20. The van der Waals surface area contributed by atoms with Crippen molar-refractivity contribution in [2.45, 2.75) is 19.4 Å². The summed E-state index contributed by atoms with van der Waals surface area (Å²) in [5.41, 5.74) is 1.27. The number of pyridine rings is 1. The zero-order chi connectivity index (χ0) is 17.8. The molecular weight excluding hydrogens is 326 g/mol. The number of hydrogen-bond donors (Lipinski definition) is 0. The Morgan fingerprint density at radius 3 is 2.76 bits per heavy atom. The molecule has 2 heterocycles. The second-order valence-corrected chi connectivity index (χ2v) is 6.05. The minimum atomic E-state index is -0.931. The topological polar surface area (TPSA) is 42.4 Å². The highest BCUT2D eigenvalue weighted by Crippen LogP contribution is 2.31. The van der Waals surface area contributed by atoms with Crippen molar-refractivity contribution in [3.05, 3.63) is 65.5 Å². The summed E-state index contributed by atoms with van der Waals surface area (Å²) in [6.45, 7) is 3.27. The quantitative estimate of drug-likeness (QED) is 0.834. The molecule has 3 rings (SSSR count). The molecule has 2 atom stereocenters. The first-order chi connectivity index (χ1) is 12.1. The lowest BCUT2D eigenvalue weighted by molar-refractivity contribution is -0.137. The Hall–Kier alpha value is -2.34. The highest BCUT2D eigenvalue weighted by Gasteiger charge is 2.33. The number of amides is 1. The Morgan fingerprint density at radius 1 is 1.32 bits per heavy atom. The monoisotopic (exact) mass is 346 g/mol. The van der Waals surface area contributed by atoms with Crippen LogP contribution in [0.15, 0.2) is 42.7 Å². The lowest BCUT2D eigenvalue weighted by Crippen LogP contribution is -2.39.